The molecule has 1 atom stereocenters. The summed E-state index contributed by atoms with van der Waals surface area (Å²) in [5.74, 6) is 0.469. The first kappa shape index (κ1) is 11.8. The Morgan fingerprint density at radius 3 is 2.94 bits per heavy atom. The lowest BCUT2D eigenvalue weighted by atomic mass is 10.3. The number of halogens is 1. The Kier molecular flexibility index (Phi) is 3.73. The molecule has 2 aromatic rings. The zero-order valence-electron chi connectivity index (χ0n) is 8.22. The summed E-state index contributed by atoms with van der Waals surface area (Å²) in [6.45, 7) is 0. The lowest BCUT2D eigenvalue weighted by molar-refractivity contribution is 0.683. The number of hydrogen-bond donors (Lipinski definition) is 1. The van der Waals surface area contributed by atoms with Crippen LogP contribution in [0.1, 0.15) is 4.88 Å². The van der Waals surface area contributed by atoms with Crippen LogP contribution in [-0.2, 0) is 16.6 Å². The largest absolute Gasteiger partial charge is 0.398 e. The van der Waals surface area contributed by atoms with Gasteiger partial charge in [0, 0.05) is 21.2 Å². The van der Waals surface area contributed by atoms with E-state index in [4.69, 9.17) is 5.73 Å². The first-order valence-electron chi connectivity index (χ1n) is 4.47. The van der Waals surface area contributed by atoms with E-state index in [1.165, 1.54) is 11.3 Å². The number of nitrogens with zero attached hydrogens (tertiary/aromatic N) is 1. The molecule has 3 nitrogen and oxygen atoms in total. The minimum Gasteiger partial charge on any atom is -0.398 e. The number of aromatic nitrogens is 1. The van der Waals surface area contributed by atoms with Crippen molar-refractivity contribution < 1.29 is 4.21 Å². The van der Waals surface area contributed by atoms with Gasteiger partial charge in [-0.15, -0.1) is 11.3 Å². The maximum atomic E-state index is 12.0. The van der Waals surface area contributed by atoms with Crippen molar-refractivity contribution in [2.24, 2.45) is 0 Å². The highest BCUT2D eigenvalue weighted by atomic mass is 79.9. The Labute approximate surface area is 108 Å². The monoisotopic (exact) mass is 316 g/mol. The van der Waals surface area contributed by atoms with E-state index in [1.54, 1.807) is 23.8 Å². The van der Waals surface area contributed by atoms with Gasteiger partial charge in [-0.3, -0.25) is 9.19 Å². The van der Waals surface area contributed by atoms with E-state index < -0.39 is 10.8 Å². The van der Waals surface area contributed by atoms with Crippen LogP contribution in [0.4, 0.5) is 5.69 Å². The molecule has 0 spiro atoms. The second kappa shape index (κ2) is 5.07. The summed E-state index contributed by atoms with van der Waals surface area (Å²) in [4.78, 5) is 5.63. The van der Waals surface area contributed by atoms with E-state index in [0.29, 0.717) is 16.3 Å². The van der Waals surface area contributed by atoms with Gasteiger partial charge in [-0.2, -0.15) is 0 Å². The van der Waals surface area contributed by atoms with Crippen LogP contribution in [0.5, 0.6) is 0 Å². The average molecular weight is 317 g/mol. The van der Waals surface area contributed by atoms with Gasteiger partial charge in [0.05, 0.1) is 27.0 Å². The van der Waals surface area contributed by atoms with Crippen molar-refractivity contribution in [3.63, 3.8) is 0 Å². The number of thiazole rings is 1. The van der Waals surface area contributed by atoms with Crippen LogP contribution in [0.15, 0.2) is 39.3 Å². The lowest BCUT2D eigenvalue weighted by Gasteiger charge is -2.04. The fraction of sp³-hybridized carbons (Fsp3) is 0.100. The highest BCUT2D eigenvalue weighted by Gasteiger charge is 2.09. The summed E-state index contributed by atoms with van der Waals surface area (Å²) in [6.07, 6.45) is 1.73. The summed E-state index contributed by atoms with van der Waals surface area (Å²) in [5.41, 5.74) is 8.10. The summed E-state index contributed by atoms with van der Waals surface area (Å²) in [7, 11) is -1.11. The fourth-order valence-electron chi connectivity index (χ4n) is 1.25. The SMILES string of the molecule is Nc1cc(Br)ccc1S(=O)Cc1cncs1. The van der Waals surface area contributed by atoms with Gasteiger partial charge >= 0.3 is 0 Å². The Hall–Kier alpha value is -0.720. The zero-order valence-corrected chi connectivity index (χ0v) is 11.4. The van der Waals surface area contributed by atoms with Gasteiger partial charge in [0.1, 0.15) is 0 Å². The Bertz CT molecular complexity index is 514. The van der Waals surface area contributed by atoms with Gasteiger partial charge in [-0.25, -0.2) is 0 Å². The molecule has 0 aliphatic carbocycles. The molecule has 0 bridgehead atoms. The van der Waals surface area contributed by atoms with E-state index in [2.05, 4.69) is 20.9 Å². The van der Waals surface area contributed by atoms with Crippen molar-refractivity contribution in [1.82, 2.24) is 4.98 Å². The van der Waals surface area contributed by atoms with Crippen LogP contribution in [-0.4, -0.2) is 9.19 Å². The predicted molar refractivity (Wildman–Crippen MR) is 70.8 cm³/mol. The van der Waals surface area contributed by atoms with Crippen molar-refractivity contribution >= 4 is 43.8 Å². The van der Waals surface area contributed by atoms with Crippen LogP contribution in [0.3, 0.4) is 0 Å². The summed E-state index contributed by atoms with van der Waals surface area (Å²) < 4.78 is 12.9. The molecule has 1 heterocycles. The van der Waals surface area contributed by atoms with Crippen molar-refractivity contribution in [1.29, 1.82) is 0 Å². The lowest BCUT2D eigenvalue weighted by Crippen LogP contribution is -1.99. The third-order valence-electron chi connectivity index (χ3n) is 1.97. The molecule has 0 fully saturated rings. The number of anilines is 1. The molecule has 6 heteroatoms. The normalized spacial score (nSPS) is 12.6. The van der Waals surface area contributed by atoms with E-state index in [-0.39, 0.29) is 0 Å². The van der Waals surface area contributed by atoms with Gasteiger partial charge < -0.3 is 5.73 Å². The summed E-state index contributed by atoms with van der Waals surface area (Å²) in [6, 6.07) is 5.40. The highest BCUT2D eigenvalue weighted by Crippen LogP contribution is 2.23. The van der Waals surface area contributed by atoms with E-state index in [0.717, 1.165) is 9.35 Å². The molecule has 0 saturated heterocycles. The van der Waals surface area contributed by atoms with Crippen molar-refractivity contribution in [3.05, 3.63) is 39.3 Å². The molecule has 0 radical (unpaired) electrons. The maximum absolute atomic E-state index is 12.0. The maximum Gasteiger partial charge on any atom is 0.0794 e. The standard InChI is InChI=1S/C10H9BrN2OS2/c11-7-1-2-10(9(12)3-7)16(14)5-8-4-13-6-15-8/h1-4,6H,5,12H2. The molecular weight excluding hydrogens is 308 g/mol. The molecule has 1 unspecified atom stereocenters. The molecule has 84 valence electrons. The van der Waals surface area contributed by atoms with Crippen LogP contribution in [0.25, 0.3) is 0 Å². The van der Waals surface area contributed by atoms with E-state index in [9.17, 15) is 4.21 Å². The quantitative estimate of drug-likeness (QED) is 0.886. The number of hydrogen-bond acceptors (Lipinski definition) is 4. The Morgan fingerprint density at radius 2 is 2.31 bits per heavy atom. The van der Waals surface area contributed by atoms with Crippen LogP contribution < -0.4 is 5.73 Å². The molecular formula is C10H9BrN2OS2. The second-order valence-corrected chi connectivity index (χ2v) is 6.45. The van der Waals surface area contributed by atoms with Gasteiger partial charge in [0.2, 0.25) is 0 Å². The van der Waals surface area contributed by atoms with Crippen LogP contribution in [0.2, 0.25) is 0 Å². The molecule has 1 aromatic heterocycles. The first-order valence-corrected chi connectivity index (χ1v) is 7.47. The van der Waals surface area contributed by atoms with Crippen molar-refractivity contribution in [2.75, 3.05) is 5.73 Å². The van der Waals surface area contributed by atoms with Gasteiger partial charge in [-0.1, -0.05) is 15.9 Å². The molecule has 2 rings (SSSR count). The van der Waals surface area contributed by atoms with Gasteiger partial charge in [0.15, 0.2) is 0 Å². The average Bonchev–Trinajstić information content (AvgIpc) is 2.70. The van der Waals surface area contributed by atoms with Gasteiger partial charge in [-0.05, 0) is 18.2 Å². The Balaban J connectivity index is 2.21. The number of benzene rings is 1. The minimum absolute atomic E-state index is 0.469. The highest BCUT2D eigenvalue weighted by molar-refractivity contribution is 9.10. The van der Waals surface area contributed by atoms with Gasteiger partial charge in [0.25, 0.3) is 0 Å². The molecule has 16 heavy (non-hydrogen) atoms. The molecule has 0 saturated carbocycles. The first-order chi connectivity index (χ1) is 7.66. The smallest absolute Gasteiger partial charge is 0.0794 e. The summed E-state index contributed by atoms with van der Waals surface area (Å²) >= 11 is 4.82. The second-order valence-electron chi connectivity index (χ2n) is 3.14. The summed E-state index contributed by atoms with van der Waals surface area (Å²) in [5, 5.41) is 0. The third kappa shape index (κ3) is 2.69. The van der Waals surface area contributed by atoms with E-state index >= 15 is 0 Å². The third-order valence-corrected chi connectivity index (χ3v) is 4.87. The number of nitrogen functional groups attached to an aromatic ring is 1. The van der Waals surface area contributed by atoms with Crippen molar-refractivity contribution in [2.45, 2.75) is 10.6 Å². The minimum atomic E-state index is -1.11. The topological polar surface area (TPSA) is 56.0 Å². The van der Waals surface area contributed by atoms with Crippen LogP contribution >= 0.6 is 27.3 Å². The van der Waals surface area contributed by atoms with Crippen LogP contribution in [0, 0.1) is 0 Å². The fourth-order valence-corrected chi connectivity index (χ4v) is 3.63. The van der Waals surface area contributed by atoms with E-state index in [1.807, 2.05) is 6.07 Å². The van der Waals surface area contributed by atoms with Crippen molar-refractivity contribution in [3.8, 4) is 0 Å². The number of rotatable bonds is 3. The Morgan fingerprint density at radius 1 is 1.50 bits per heavy atom. The molecule has 0 aliphatic rings. The molecule has 1 aromatic carbocycles. The number of nitrogens with two attached hydrogens (primary N) is 1. The predicted octanol–water partition coefficient (Wildman–Crippen LogP) is 2.80. The zero-order chi connectivity index (χ0) is 11.5. The molecule has 0 aliphatic heterocycles. The molecule has 0 amide bonds. The molecule has 2 N–H and O–H groups in total.